The largest absolute Gasteiger partial charge is 0.465 e. The van der Waals surface area contributed by atoms with Gasteiger partial charge in [0.05, 0.1) is 30.8 Å². The Balaban J connectivity index is 1.81. The maximum atomic E-state index is 12.2. The van der Waals surface area contributed by atoms with Gasteiger partial charge in [0.1, 0.15) is 0 Å². The molecule has 0 bridgehead atoms. The van der Waals surface area contributed by atoms with E-state index in [2.05, 4.69) is 10.2 Å². The second kappa shape index (κ2) is 9.54. The summed E-state index contributed by atoms with van der Waals surface area (Å²) in [5.74, 6) is -0.237. The lowest BCUT2D eigenvalue weighted by Crippen LogP contribution is -2.36. The van der Waals surface area contributed by atoms with E-state index in [4.69, 9.17) is 9.47 Å². The summed E-state index contributed by atoms with van der Waals surface area (Å²) in [6, 6.07) is 7.78. The second-order valence-corrected chi connectivity index (χ2v) is 6.72. The standard InChI is InChI=1S/C17H24N2O4S/c1-3-23-16(20)12-24-13(2)17(21)18-14-4-6-15(7-5-14)19-8-10-22-11-9-19/h4-7,13H,3,8-12H2,1-2H3,(H,18,21)/t13-/m0/s1. The van der Waals surface area contributed by atoms with Gasteiger partial charge in [-0.05, 0) is 38.1 Å². The van der Waals surface area contributed by atoms with Crippen LogP contribution in [0.5, 0.6) is 0 Å². The van der Waals surface area contributed by atoms with Crippen LogP contribution in [0.25, 0.3) is 0 Å². The number of carbonyl (C=O) groups excluding carboxylic acids is 2. The molecule has 1 aromatic carbocycles. The van der Waals surface area contributed by atoms with Gasteiger partial charge in [0.15, 0.2) is 0 Å². The monoisotopic (exact) mass is 352 g/mol. The van der Waals surface area contributed by atoms with Crippen LogP contribution in [0, 0.1) is 0 Å². The van der Waals surface area contributed by atoms with Crippen LogP contribution in [0.15, 0.2) is 24.3 Å². The fourth-order valence-electron chi connectivity index (χ4n) is 2.29. The van der Waals surface area contributed by atoms with Gasteiger partial charge in [-0.15, -0.1) is 11.8 Å². The zero-order chi connectivity index (χ0) is 17.4. The topological polar surface area (TPSA) is 67.9 Å². The van der Waals surface area contributed by atoms with E-state index >= 15 is 0 Å². The molecule has 6 nitrogen and oxygen atoms in total. The molecule has 1 aliphatic rings. The van der Waals surface area contributed by atoms with Crippen molar-refractivity contribution in [2.24, 2.45) is 0 Å². The SMILES string of the molecule is CCOC(=O)CS[C@@H](C)C(=O)Nc1ccc(N2CCOCC2)cc1. The van der Waals surface area contributed by atoms with Crippen LogP contribution in [-0.4, -0.2) is 55.8 Å². The lowest BCUT2D eigenvalue weighted by atomic mass is 10.2. The number of nitrogens with one attached hydrogen (secondary N) is 1. The number of thioether (sulfide) groups is 1. The Labute approximate surface area is 146 Å². The smallest absolute Gasteiger partial charge is 0.315 e. The van der Waals surface area contributed by atoms with Crippen LogP contribution < -0.4 is 10.2 Å². The van der Waals surface area contributed by atoms with E-state index in [0.29, 0.717) is 6.61 Å². The number of rotatable bonds is 7. The first-order valence-electron chi connectivity index (χ1n) is 8.11. The summed E-state index contributed by atoms with van der Waals surface area (Å²) in [5.41, 5.74) is 1.88. The third kappa shape index (κ3) is 5.72. The van der Waals surface area contributed by atoms with Crippen LogP contribution in [0.3, 0.4) is 0 Å². The van der Waals surface area contributed by atoms with Crippen LogP contribution >= 0.6 is 11.8 Å². The van der Waals surface area contributed by atoms with Crippen LogP contribution in [-0.2, 0) is 19.1 Å². The highest BCUT2D eigenvalue weighted by Crippen LogP contribution is 2.20. The zero-order valence-corrected chi connectivity index (χ0v) is 14.9. The van der Waals surface area contributed by atoms with Crippen LogP contribution in [0.2, 0.25) is 0 Å². The predicted octanol–water partition coefficient (Wildman–Crippen LogP) is 2.15. The number of hydrogen-bond donors (Lipinski definition) is 1. The van der Waals surface area contributed by atoms with Gasteiger partial charge in [0.25, 0.3) is 0 Å². The minimum atomic E-state index is -0.326. The summed E-state index contributed by atoms with van der Waals surface area (Å²) < 4.78 is 10.2. The van der Waals surface area contributed by atoms with Crippen molar-refractivity contribution in [3.63, 3.8) is 0 Å². The van der Waals surface area contributed by atoms with Gasteiger partial charge >= 0.3 is 5.97 Å². The minimum absolute atomic E-state index is 0.122. The van der Waals surface area contributed by atoms with E-state index in [0.717, 1.165) is 37.7 Å². The number of benzene rings is 1. The van der Waals surface area contributed by atoms with E-state index in [1.165, 1.54) is 11.8 Å². The molecule has 1 saturated heterocycles. The summed E-state index contributed by atoms with van der Waals surface area (Å²) in [4.78, 5) is 25.7. The van der Waals surface area contributed by atoms with Gasteiger partial charge in [-0.25, -0.2) is 0 Å². The molecule has 1 N–H and O–H groups in total. The number of morpholine rings is 1. The maximum Gasteiger partial charge on any atom is 0.315 e. The Bertz CT molecular complexity index is 544. The number of anilines is 2. The summed E-state index contributed by atoms with van der Waals surface area (Å²) in [6.07, 6.45) is 0. The number of ether oxygens (including phenoxy) is 2. The zero-order valence-electron chi connectivity index (χ0n) is 14.1. The molecular formula is C17H24N2O4S. The highest BCUT2D eigenvalue weighted by molar-refractivity contribution is 8.01. The summed E-state index contributed by atoms with van der Waals surface area (Å²) in [7, 11) is 0. The normalized spacial score (nSPS) is 15.7. The van der Waals surface area contributed by atoms with Crippen molar-refractivity contribution in [3.05, 3.63) is 24.3 Å². The Kier molecular flexibility index (Phi) is 7.39. The van der Waals surface area contributed by atoms with Crippen molar-refractivity contribution in [2.45, 2.75) is 19.1 Å². The Morgan fingerprint density at radius 3 is 2.58 bits per heavy atom. The maximum absolute atomic E-state index is 12.2. The Hall–Kier alpha value is -1.73. The average molecular weight is 352 g/mol. The van der Waals surface area contributed by atoms with Crippen molar-refractivity contribution >= 4 is 35.0 Å². The number of hydrogen-bond acceptors (Lipinski definition) is 6. The highest BCUT2D eigenvalue weighted by Gasteiger charge is 2.16. The molecule has 2 rings (SSSR count). The Morgan fingerprint density at radius 2 is 1.96 bits per heavy atom. The van der Waals surface area contributed by atoms with Gasteiger partial charge in [0.2, 0.25) is 5.91 Å². The van der Waals surface area contributed by atoms with Crippen molar-refractivity contribution in [1.82, 2.24) is 0 Å². The molecule has 1 amide bonds. The molecule has 1 fully saturated rings. The molecule has 24 heavy (non-hydrogen) atoms. The number of amides is 1. The van der Waals surface area contributed by atoms with Crippen molar-refractivity contribution in [1.29, 1.82) is 0 Å². The van der Waals surface area contributed by atoms with E-state index in [9.17, 15) is 9.59 Å². The predicted molar refractivity (Wildman–Crippen MR) is 96.7 cm³/mol. The third-order valence-corrected chi connectivity index (χ3v) is 4.75. The van der Waals surface area contributed by atoms with E-state index in [-0.39, 0.29) is 22.9 Å². The minimum Gasteiger partial charge on any atom is -0.465 e. The highest BCUT2D eigenvalue weighted by atomic mass is 32.2. The number of carbonyl (C=O) groups is 2. The molecule has 0 spiro atoms. The van der Waals surface area contributed by atoms with E-state index < -0.39 is 0 Å². The molecule has 1 aromatic rings. The molecule has 132 valence electrons. The molecule has 1 heterocycles. The fourth-order valence-corrected chi connectivity index (χ4v) is 2.97. The molecule has 0 saturated carbocycles. The first-order valence-corrected chi connectivity index (χ1v) is 9.16. The summed E-state index contributed by atoms with van der Waals surface area (Å²) in [5, 5.41) is 2.55. The molecule has 0 aromatic heterocycles. The van der Waals surface area contributed by atoms with Gasteiger partial charge in [-0.2, -0.15) is 0 Å². The van der Waals surface area contributed by atoms with Gasteiger partial charge in [-0.3, -0.25) is 9.59 Å². The van der Waals surface area contributed by atoms with Gasteiger partial charge < -0.3 is 19.7 Å². The van der Waals surface area contributed by atoms with E-state index in [1.54, 1.807) is 13.8 Å². The van der Waals surface area contributed by atoms with Gasteiger partial charge in [0, 0.05) is 24.5 Å². The second-order valence-electron chi connectivity index (χ2n) is 5.39. The third-order valence-electron chi connectivity index (χ3n) is 3.64. The molecule has 1 atom stereocenters. The molecule has 0 radical (unpaired) electrons. The van der Waals surface area contributed by atoms with Crippen molar-refractivity contribution in [2.75, 3.05) is 48.9 Å². The summed E-state index contributed by atoms with van der Waals surface area (Å²) in [6.45, 7) is 7.15. The molecular weight excluding hydrogens is 328 g/mol. The first-order chi connectivity index (χ1) is 11.6. The Morgan fingerprint density at radius 1 is 1.29 bits per heavy atom. The van der Waals surface area contributed by atoms with Gasteiger partial charge in [-0.1, -0.05) is 0 Å². The van der Waals surface area contributed by atoms with Crippen LogP contribution in [0.4, 0.5) is 11.4 Å². The molecule has 7 heteroatoms. The lowest BCUT2D eigenvalue weighted by Gasteiger charge is -2.28. The average Bonchev–Trinajstić information content (AvgIpc) is 2.61. The molecule has 1 aliphatic heterocycles. The number of esters is 1. The van der Waals surface area contributed by atoms with E-state index in [1.807, 2.05) is 24.3 Å². The van der Waals surface area contributed by atoms with Crippen molar-refractivity contribution < 1.29 is 19.1 Å². The number of nitrogens with zero attached hydrogens (tertiary/aromatic N) is 1. The fraction of sp³-hybridized carbons (Fsp3) is 0.529. The quantitative estimate of drug-likeness (QED) is 0.759. The molecule has 0 unspecified atom stereocenters. The molecule has 0 aliphatic carbocycles. The lowest BCUT2D eigenvalue weighted by molar-refractivity contribution is -0.139. The summed E-state index contributed by atoms with van der Waals surface area (Å²) >= 11 is 1.27. The van der Waals surface area contributed by atoms with Crippen molar-refractivity contribution in [3.8, 4) is 0 Å². The first kappa shape index (κ1) is 18.6. The van der Waals surface area contributed by atoms with Crippen LogP contribution in [0.1, 0.15) is 13.8 Å².